The van der Waals surface area contributed by atoms with Gasteiger partial charge in [-0.25, -0.2) is 14.0 Å². The van der Waals surface area contributed by atoms with Gasteiger partial charge in [0.1, 0.15) is 17.1 Å². The zero-order valence-electron chi connectivity index (χ0n) is 22.9. The maximum atomic E-state index is 15.1. The second-order valence-corrected chi connectivity index (χ2v) is 11.9. The van der Waals surface area contributed by atoms with Gasteiger partial charge in [0.15, 0.2) is 0 Å². The van der Waals surface area contributed by atoms with Gasteiger partial charge in [-0.3, -0.25) is 4.90 Å². The number of aryl methyl sites for hydroxylation is 1. The molecule has 1 N–H and O–H groups in total. The number of carbonyl (C=O) groups excluding carboxylic acids is 2. The van der Waals surface area contributed by atoms with Crippen LogP contribution in [0, 0.1) is 12.7 Å². The minimum absolute atomic E-state index is 0.00350. The number of nitrogens with one attached hydrogen (secondary N) is 1. The number of hydrogen-bond donors (Lipinski definition) is 1. The molecule has 3 aliphatic rings. The molecule has 0 spiro atoms. The van der Waals surface area contributed by atoms with Crippen molar-refractivity contribution in [3.8, 4) is 0 Å². The van der Waals surface area contributed by atoms with E-state index >= 15 is 4.39 Å². The largest absolute Gasteiger partial charge is 0.444 e. The number of ether oxygens (including phenoxy) is 1. The van der Waals surface area contributed by atoms with E-state index in [1.807, 2.05) is 31.7 Å². The Labute approximate surface area is 224 Å². The number of piperidine rings is 1. The van der Waals surface area contributed by atoms with Crippen LogP contribution in [0.3, 0.4) is 0 Å². The number of rotatable bonds is 3. The molecule has 38 heavy (non-hydrogen) atoms. The van der Waals surface area contributed by atoms with Crippen molar-refractivity contribution in [2.45, 2.75) is 77.0 Å². The summed E-state index contributed by atoms with van der Waals surface area (Å²) in [5.74, 6) is -0.0206. The normalized spacial score (nSPS) is 22.0. The van der Waals surface area contributed by atoms with E-state index in [9.17, 15) is 9.59 Å². The number of urea groups is 1. The van der Waals surface area contributed by atoms with E-state index in [-0.39, 0.29) is 29.9 Å². The van der Waals surface area contributed by atoms with Gasteiger partial charge in [0.05, 0.1) is 17.8 Å². The van der Waals surface area contributed by atoms with Gasteiger partial charge in [-0.15, -0.1) is 0 Å². The Balaban J connectivity index is 1.25. The number of likely N-dealkylation sites (tertiary alicyclic amines) is 1. The molecule has 2 aromatic rings. The summed E-state index contributed by atoms with van der Waals surface area (Å²) in [6, 6.07) is 13.3. The van der Waals surface area contributed by atoms with Crippen LogP contribution in [-0.4, -0.2) is 65.8 Å². The Hall–Kier alpha value is -3.29. The third-order valence-corrected chi connectivity index (χ3v) is 7.98. The van der Waals surface area contributed by atoms with E-state index in [0.717, 1.165) is 25.7 Å². The molecule has 0 aromatic heterocycles. The van der Waals surface area contributed by atoms with Crippen molar-refractivity contribution < 1.29 is 18.7 Å². The Morgan fingerprint density at radius 2 is 1.58 bits per heavy atom. The van der Waals surface area contributed by atoms with Gasteiger partial charge < -0.3 is 19.9 Å². The predicted molar refractivity (Wildman–Crippen MR) is 147 cm³/mol. The summed E-state index contributed by atoms with van der Waals surface area (Å²) >= 11 is 0. The number of piperazine rings is 1. The van der Waals surface area contributed by atoms with Crippen LogP contribution in [0.15, 0.2) is 42.5 Å². The minimum Gasteiger partial charge on any atom is -0.444 e. The van der Waals surface area contributed by atoms with Gasteiger partial charge in [0.25, 0.3) is 0 Å². The Morgan fingerprint density at radius 1 is 0.947 bits per heavy atom. The lowest BCUT2D eigenvalue weighted by Gasteiger charge is -2.42. The molecule has 204 valence electrons. The lowest BCUT2D eigenvalue weighted by atomic mass is 9.89. The van der Waals surface area contributed by atoms with Crippen molar-refractivity contribution in [1.82, 2.24) is 9.80 Å². The molecule has 3 aliphatic heterocycles. The van der Waals surface area contributed by atoms with Gasteiger partial charge in [0.2, 0.25) is 0 Å². The van der Waals surface area contributed by atoms with Gasteiger partial charge in [0, 0.05) is 26.2 Å². The maximum absolute atomic E-state index is 15.1. The molecule has 2 unspecified atom stereocenters. The molecule has 3 heterocycles. The molecule has 7 nitrogen and oxygen atoms in total. The molecule has 0 radical (unpaired) electrons. The topological polar surface area (TPSA) is 65.1 Å². The molecular formula is C30H39FN4O3. The van der Waals surface area contributed by atoms with E-state index in [0.29, 0.717) is 37.8 Å². The van der Waals surface area contributed by atoms with E-state index in [1.54, 1.807) is 11.0 Å². The van der Waals surface area contributed by atoms with Crippen LogP contribution < -0.4 is 10.2 Å². The van der Waals surface area contributed by atoms with Crippen molar-refractivity contribution in [3.05, 3.63) is 59.4 Å². The average Bonchev–Trinajstić information content (AvgIpc) is 3.14. The first-order valence-electron chi connectivity index (χ1n) is 13.8. The minimum atomic E-state index is -0.553. The number of benzene rings is 2. The third kappa shape index (κ3) is 5.59. The molecule has 2 aromatic carbocycles. The third-order valence-electron chi connectivity index (χ3n) is 7.98. The van der Waals surface area contributed by atoms with Crippen molar-refractivity contribution in [2.75, 3.05) is 36.4 Å². The predicted octanol–water partition coefficient (Wildman–Crippen LogP) is 6.13. The molecule has 3 saturated heterocycles. The van der Waals surface area contributed by atoms with Crippen molar-refractivity contribution >= 4 is 23.5 Å². The zero-order valence-corrected chi connectivity index (χ0v) is 22.9. The quantitative estimate of drug-likeness (QED) is 0.526. The van der Waals surface area contributed by atoms with E-state index in [1.165, 1.54) is 17.2 Å². The summed E-state index contributed by atoms with van der Waals surface area (Å²) in [7, 11) is 0. The molecule has 0 saturated carbocycles. The fraction of sp³-hybridized carbons (Fsp3) is 0.533. The van der Waals surface area contributed by atoms with Crippen LogP contribution in [0.4, 0.5) is 25.4 Å². The second kappa shape index (κ2) is 10.5. The number of amides is 3. The van der Waals surface area contributed by atoms with Gasteiger partial charge >= 0.3 is 12.1 Å². The Kier molecular flexibility index (Phi) is 7.25. The number of anilines is 2. The summed E-state index contributed by atoms with van der Waals surface area (Å²) in [5, 5.41) is 2.89. The van der Waals surface area contributed by atoms with E-state index in [4.69, 9.17) is 4.74 Å². The summed E-state index contributed by atoms with van der Waals surface area (Å²) in [6.45, 7) is 10.1. The summed E-state index contributed by atoms with van der Waals surface area (Å²) in [5.41, 5.74) is 2.87. The van der Waals surface area contributed by atoms with Gasteiger partial charge in [-0.2, -0.15) is 0 Å². The number of fused-ring (bicyclic) bond motifs is 2. The molecule has 0 aliphatic carbocycles. The van der Waals surface area contributed by atoms with Crippen LogP contribution in [0.5, 0.6) is 0 Å². The first kappa shape index (κ1) is 26.3. The monoisotopic (exact) mass is 522 g/mol. The van der Waals surface area contributed by atoms with Crippen molar-refractivity contribution in [2.24, 2.45) is 0 Å². The molecule has 3 amide bonds. The summed E-state index contributed by atoms with van der Waals surface area (Å²) < 4.78 is 20.8. The number of hydrogen-bond acceptors (Lipinski definition) is 4. The fourth-order valence-corrected chi connectivity index (χ4v) is 6.05. The average molecular weight is 523 g/mol. The molecule has 5 rings (SSSR count). The van der Waals surface area contributed by atoms with Crippen LogP contribution in [0.25, 0.3) is 0 Å². The highest BCUT2D eigenvalue weighted by atomic mass is 19.1. The SMILES string of the molecule is Cc1ccc(C2CCN(C(=O)Nc3c(F)cccc3N3CC4CCC(C3)N4C(=O)OC(C)(C)C)CC2)cc1. The molecule has 2 atom stereocenters. The zero-order chi connectivity index (χ0) is 27.0. The Bertz CT molecular complexity index is 1160. The standard InChI is InChI=1S/C30H39FN4O3/c1-20-8-10-21(11-9-20)22-14-16-33(17-15-22)28(36)32-27-25(31)6-5-7-26(27)34-18-23-12-13-24(19-34)35(23)29(37)38-30(2,3)4/h5-11,22-24H,12-19H2,1-4H3,(H,32,36). The van der Waals surface area contributed by atoms with Crippen molar-refractivity contribution in [3.63, 3.8) is 0 Å². The molecular weight excluding hydrogens is 483 g/mol. The Morgan fingerprint density at radius 3 is 2.18 bits per heavy atom. The number of para-hydroxylation sites is 1. The summed E-state index contributed by atoms with van der Waals surface area (Å²) in [4.78, 5) is 31.8. The number of halogens is 1. The first-order valence-corrected chi connectivity index (χ1v) is 13.8. The molecule has 8 heteroatoms. The lowest BCUT2D eigenvalue weighted by Crippen LogP contribution is -2.57. The van der Waals surface area contributed by atoms with Gasteiger partial charge in [-0.05, 0) is 77.0 Å². The van der Waals surface area contributed by atoms with Crippen LogP contribution in [0.1, 0.15) is 63.5 Å². The van der Waals surface area contributed by atoms with Crippen molar-refractivity contribution in [1.29, 1.82) is 0 Å². The highest BCUT2D eigenvalue weighted by Crippen LogP contribution is 2.38. The first-order chi connectivity index (χ1) is 18.1. The van der Waals surface area contributed by atoms with Gasteiger partial charge in [-0.1, -0.05) is 35.9 Å². The highest BCUT2D eigenvalue weighted by molar-refractivity contribution is 5.93. The second-order valence-electron chi connectivity index (χ2n) is 11.9. The van der Waals surface area contributed by atoms with Crippen LogP contribution in [-0.2, 0) is 4.74 Å². The van der Waals surface area contributed by atoms with Crippen LogP contribution >= 0.6 is 0 Å². The maximum Gasteiger partial charge on any atom is 0.410 e. The van der Waals surface area contributed by atoms with Crippen LogP contribution in [0.2, 0.25) is 0 Å². The fourth-order valence-electron chi connectivity index (χ4n) is 6.05. The molecule has 3 fully saturated rings. The number of nitrogens with zero attached hydrogens (tertiary/aromatic N) is 3. The molecule has 2 bridgehead atoms. The lowest BCUT2D eigenvalue weighted by molar-refractivity contribution is 0.0123. The van der Waals surface area contributed by atoms with E-state index in [2.05, 4.69) is 41.4 Å². The van der Waals surface area contributed by atoms with E-state index < -0.39 is 11.4 Å². The smallest absolute Gasteiger partial charge is 0.410 e. The highest BCUT2D eigenvalue weighted by Gasteiger charge is 2.45. The number of carbonyl (C=O) groups is 2. The summed E-state index contributed by atoms with van der Waals surface area (Å²) in [6.07, 6.45) is 3.25.